The number of carbonyl (C=O) groups is 1. The molecule has 0 saturated carbocycles. The van der Waals surface area contributed by atoms with Gasteiger partial charge in [-0.2, -0.15) is 4.98 Å². The highest BCUT2D eigenvalue weighted by molar-refractivity contribution is 6.04. The number of piperidine rings is 1. The molecule has 1 saturated heterocycles. The van der Waals surface area contributed by atoms with Gasteiger partial charge in [0.25, 0.3) is 5.91 Å². The maximum Gasteiger partial charge on any atom is 0.255 e. The summed E-state index contributed by atoms with van der Waals surface area (Å²) in [5, 5.41) is 10.9. The van der Waals surface area contributed by atoms with Gasteiger partial charge in [0, 0.05) is 48.9 Å². The Morgan fingerprint density at radius 3 is 2.37 bits per heavy atom. The van der Waals surface area contributed by atoms with Crippen molar-refractivity contribution < 1.29 is 9.18 Å². The molecule has 0 unspecified atom stereocenters. The van der Waals surface area contributed by atoms with E-state index < -0.39 is 0 Å². The fraction of sp³-hybridized carbons (Fsp3) is 0.229. The normalized spacial score (nSPS) is 14.0. The molecule has 2 heterocycles. The van der Waals surface area contributed by atoms with Crippen LogP contribution in [0.15, 0.2) is 97.1 Å². The lowest BCUT2D eigenvalue weighted by Gasteiger charge is -2.32. The monoisotopic (exact) mass is 574 g/mol. The first-order valence-electron chi connectivity index (χ1n) is 14.7. The molecule has 1 fully saturated rings. The summed E-state index contributed by atoms with van der Waals surface area (Å²) < 4.78 is 13.2. The van der Waals surface area contributed by atoms with E-state index in [0.717, 1.165) is 60.3 Å². The van der Waals surface area contributed by atoms with Gasteiger partial charge in [-0.1, -0.05) is 48.5 Å². The Kier molecular flexibility index (Phi) is 8.56. The molecule has 8 heteroatoms. The Labute approximate surface area is 251 Å². The maximum atomic E-state index is 13.2. The number of aryl methyl sites for hydroxylation is 1. The molecular weight excluding hydrogens is 539 g/mol. The topological polar surface area (TPSA) is 82.2 Å². The molecule has 1 aliphatic rings. The van der Waals surface area contributed by atoms with Crippen LogP contribution < -0.4 is 16.0 Å². The Morgan fingerprint density at radius 1 is 0.884 bits per heavy atom. The van der Waals surface area contributed by atoms with Crippen molar-refractivity contribution in [2.75, 3.05) is 29.0 Å². The summed E-state index contributed by atoms with van der Waals surface area (Å²) in [5.74, 6) is 0.766. The van der Waals surface area contributed by atoms with Crippen LogP contribution in [0.25, 0.3) is 10.9 Å². The Hall–Kier alpha value is -4.82. The third kappa shape index (κ3) is 7.34. The van der Waals surface area contributed by atoms with Gasteiger partial charge in [0.15, 0.2) is 0 Å². The number of carbonyl (C=O) groups excluding carboxylic acids is 1. The van der Waals surface area contributed by atoms with Crippen LogP contribution in [0.5, 0.6) is 0 Å². The number of aromatic nitrogens is 2. The fourth-order valence-corrected chi connectivity index (χ4v) is 5.39. The van der Waals surface area contributed by atoms with Crippen LogP contribution >= 0.6 is 0 Å². The van der Waals surface area contributed by atoms with E-state index in [4.69, 9.17) is 9.97 Å². The molecule has 3 N–H and O–H groups in total. The van der Waals surface area contributed by atoms with Gasteiger partial charge in [-0.15, -0.1) is 0 Å². The highest BCUT2D eigenvalue weighted by Crippen LogP contribution is 2.25. The molecule has 1 aliphatic heterocycles. The van der Waals surface area contributed by atoms with E-state index in [-0.39, 0.29) is 11.7 Å². The lowest BCUT2D eigenvalue weighted by atomic mass is 10.0. The van der Waals surface area contributed by atoms with Crippen molar-refractivity contribution in [1.29, 1.82) is 0 Å². The van der Waals surface area contributed by atoms with E-state index in [1.807, 2.05) is 24.3 Å². The minimum Gasteiger partial charge on any atom is -0.365 e. The largest absolute Gasteiger partial charge is 0.365 e. The van der Waals surface area contributed by atoms with Gasteiger partial charge in [-0.3, -0.25) is 9.69 Å². The molecule has 0 spiro atoms. The van der Waals surface area contributed by atoms with Gasteiger partial charge in [0.1, 0.15) is 11.6 Å². The first kappa shape index (κ1) is 28.3. The average Bonchev–Trinajstić information content (AvgIpc) is 3.02. The van der Waals surface area contributed by atoms with Crippen LogP contribution in [0.3, 0.4) is 0 Å². The van der Waals surface area contributed by atoms with E-state index in [0.29, 0.717) is 29.8 Å². The molecule has 218 valence electrons. The summed E-state index contributed by atoms with van der Waals surface area (Å²) in [6, 6.07) is 30.3. The number of nitrogens with one attached hydrogen (secondary N) is 3. The fourth-order valence-electron chi connectivity index (χ4n) is 5.39. The van der Waals surface area contributed by atoms with E-state index in [1.165, 1.54) is 29.8 Å². The molecule has 4 aromatic carbocycles. The quantitative estimate of drug-likeness (QED) is 0.176. The van der Waals surface area contributed by atoms with Crippen LogP contribution in [-0.2, 0) is 13.1 Å². The second-order valence-corrected chi connectivity index (χ2v) is 11.1. The van der Waals surface area contributed by atoms with Gasteiger partial charge in [-0.05, 0) is 85.0 Å². The van der Waals surface area contributed by atoms with Gasteiger partial charge in [0.2, 0.25) is 5.95 Å². The number of halogens is 1. The van der Waals surface area contributed by atoms with E-state index in [2.05, 4.69) is 76.3 Å². The zero-order valence-corrected chi connectivity index (χ0v) is 24.2. The van der Waals surface area contributed by atoms with Gasteiger partial charge >= 0.3 is 0 Å². The maximum absolute atomic E-state index is 13.2. The molecule has 0 bridgehead atoms. The van der Waals surface area contributed by atoms with E-state index in [9.17, 15) is 9.18 Å². The summed E-state index contributed by atoms with van der Waals surface area (Å²) >= 11 is 0. The van der Waals surface area contributed by atoms with Crippen molar-refractivity contribution in [3.63, 3.8) is 0 Å². The number of fused-ring (bicyclic) bond motifs is 1. The summed E-state index contributed by atoms with van der Waals surface area (Å²) in [4.78, 5) is 24.7. The molecule has 43 heavy (non-hydrogen) atoms. The second-order valence-electron chi connectivity index (χ2n) is 11.1. The number of rotatable bonds is 9. The first-order chi connectivity index (χ1) is 21.0. The van der Waals surface area contributed by atoms with Gasteiger partial charge in [-0.25, -0.2) is 9.37 Å². The third-order valence-electron chi connectivity index (χ3n) is 7.80. The standard InChI is InChI=1S/C35H35FN6O/c1-24-7-16-31-32(21-24)40-35(39-30-17-19-42(20-18-30)23-26-5-3-2-4-6-26)41-33(31)37-22-25-8-14-29(15-9-25)38-34(43)27-10-12-28(36)13-11-27/h2-16,21,30H,17-20,22-23H2,1H3,(H,38,43)(H2,37,39,40,41). The minimum absolute atomic E-state index is 0.282. The van der Waals surface area contributed by atoms with Crippen molar-refractivity contribution in [2.24, 2.45) is 0 Å². The smallest absolute Gasteiger partial charge is 0.255 e. The number of benzene rings is 4. The van der Waals surface area contributed by atoms with Crippen molar-refractivity contribution in [1.82, 2.24) is 14.9 Å². The van der Waals surface area contributed by atoms with Crippen LogP contribution in [-0.4, -0.2) is 39.9 Å². The number of nitrogens with zero attached hydrogens (tertiary/aromatic N) is 3. The van der Waals surface area contributed by atoms with Crippen molar-refractivity contribution >= 4 is 34.3 Å². The molecule has 1 aromatic heterocycles. The van der Waals surface area contributed by atoms with Crippen LogP contribution in [0.4, 0.5) is 21.8 Å². The van der Waals surface area contributed by atoms with Gasteiger partial charge < -0.3 is 16.0 Å². The summed E-state index contributed by atoms with van der Waals surface area (Å²) in [6.45, 7) is 5.68. The molecule has 0 aliphatic carbocycles. The highest BCUT2D eigenvalue weighted by atomic mass is 19.1. The van der Waals surface area contributed by atoms with Crippen molar-refractivity contribution in [3.05, 3.63) is 125 Å². The third-order valence-corrected chi connectivity index (χ3v) is 7.80. The molecule has 0 radical (unpaired) electrons. The molecular formula is C35H35FN6O. The molecule has 5 aromatic rings. The minimum atomic E-state index is -0.372. The predicted octanol–water partition coefficient (Wildman–Crippen LogP) is 7.02. The first-order valence-corrected chi connectivity index (χ1v) is 14.7. The summed E-state index contributed by atoms with van der Waals surface area (Å²) in [6.07, 6.45) is 2.07. The Bertz CT molecular complexity index is 1680. The Morgan fingerprint density at radius 2 is 1.63 bits per heavy atom. The van der Waals surface area contributed by atoms with Crippen LogP contribution in [0.1, 0.15) is 39.9 Å². The highest BCUT2D eigenvalue weighted by Gasteiger charge is 2.20. The average molecular weight is 575 g/mol. The van der Waals surface area contributed by atoms with Crippen LogP contribution in [0.2, 0.25) is 0 Å². The Balaban J connectivity index is 1.09. The molecule has 0 atom stereocenters. The number of anilines is 3. The number of amides is 1. The number of likely N-dealkylation sites (tertiary alicyclic amines) is 1. The summed E-state index contributed by atoms with van der Waals surface area (Å²) in [5.41, 5.74) is 5.51. The SMILES string of the molecule is Cc1ccc2c(NCc3ccc(NC(=O)c4ccc(F)cc4)cc3)nc(NC3CCN(Cc4ccccc4)CC3)nc2c1. The number of hydrogen-bond donors (Lipinski definition) is 3. The summed E-state index contributed by atoms with van der Waals surface area (Å²) in [7, 11) is 0. The zero-order chi connectivity index (χ0) is 29.6. The van der Waals surface area contributed by atoms with Crippen molar-refractivity contribution in [3.8, 4) is 0 Å². The number of hydrogen-bond acceptors (Lipinski definition) is 6. The molecule has 1 amide bonds. The van der Waals surface area contributed by atoms with Gasteiger partial charge in [0.05, 0.1) is 5.52 Å². The van der Waals surface area contributed by atoms with E-state index >= 15 is 0 Å². The lowest BCUT2D eigenvalue weighted by Crippen LogP contribution is -2.39. The second kappa shape index (κ2) is 13.0. The zero-order valence-electron chi connectivity index (χ0n) is 24.2. The molecule has 7 nitrogen and oxygen atoms in total. The van der Waals surface area contributed by atoms with Crippen LogP contribution in [0, 0.1) is 12.7 Å². The predicted molar refractivity (Wildman–Crippen MR) is 171 cm³/mol. The van der Waals surface area contributed by atoms with E-state index in [1.54, 1.807) is 0 Å². The van der Waals surface area contributed by atoms with Crippen molar-refractivity contribution in [2.45, 2.75) is 38.9 Å². The lowest BCUT2D eigenvalue weighted by molar-refractivity contribution is 0.102. The molecule has 6 rings (SSSR count).